The molecule has 10 heteroatoms. The summed E-state index contributed by atoms with van der Waals surface area (Å²) in [5.41, 5.74) is 5.90. The molecule has 2 unspecified atom stereocenters. The summed E-state index contributed by atoms with van der Waals surface area (Å²) in [5, 5.41) is 15.6. The molecule has 0 fully saturated rings. The molecule has 0 bridgehead atoms. The molecule has 0 saturated carbocycles. The highest BCUT2D eigenvalue weighted by Gasteiger charge is 2.26. The first-order valence-electron chi connectivity index (χ1n) is 18.7. The Hall–Kier alpha value is -6.27. The summed E-state index contributed by atoms with van der Waals surface area (Å²) < 4.78 is 4.45. The Morgan fingerprint density at radius 1 is 0.714 bits per heavy atom. The molecule has 2 aliphatic carbocycles. The number of benzene rings is 4. The molecule has 9 rings (SSSR count). The Morgan fingerprint density at radius 2 is 1.43 bits per heavy atom. The number of nitrogens with zero attached hydrogens (tertiary/aromatic N) is 5. The van der Waals surface area contributed by atoms with Gasteiger partial charge >= 0.3 is 0 Å². The summed E-state index contributed by atoms with van der Waals surface area (Å²) in [7, 11) is 24.8. The van der Waals surface area contributed by atoms with Crippen molar-refractivity contribution < 1.29 is 5.11 Å². The molecule has 3 aromatic heterocycles. The second-order valence-electron chi connectivity index (χ2n) is 14.2. The molecule has 0 aliphatic heterocycles. The maximum atomic E-state index is 11.2. The van der Waals surface area contributed by atoms with Gasteiger partial charge in [-0.2, -0.15) is 9.97 Å². The SMILES string of the molecule is [B]C/C(O)=C(\C([B])=C(\[B])C([B])=C)c1nc(-c2ccccc2)nc(-n2c3ccccc3c3c4c(ccc32)c2ccccc2n4C2=CC(C3C=CC=CC3)CC=C2)n1. The van der Waals surface area contributed by atoms with E-state index in [2.05, 4.69) is 108 Å². The summed E-state index contributed by atoms with van der Waals surface area (Å²) in [6.07, 6.45) is 17.7. The smallest absolute Gasteiger partial charge is 0.238 e. The summed E-state index contributed by atoms with van der Waals surface area (Å²) in [5.74, 6) is 1.30. The minimum Gasteiger partial charge on any atom is -0.512 e. The molecule has 6 nitrogen and oxygen atoms in total. The van der Waals surface area contributed by atoms with Gasteiger partial charge in [0, 0.05) is 38.4 Å². The third-order valence-corrected chi connectivity index (χ3v) is 10.8. The highest BCUT2D eigenvalue weighted by atomic mass is 16.3. The molecule has 0 spiro atoms. The van der Waals surface area contributed by atoms with Crippen LogP contribution in [0.4, 0.5) is 0 Å². The number of hydrogen-bond acceptors (Lipinski definition) is 4. The van der Waals surface area contributed by atoms with E-state index in [0.717, 1.165) is 62.3 Å². The standard InChI is InChI=1S/C46H33B4N5O/c1-27(48)41(49)42(50)40(38(56)26-47)45-51-44(29-15-6-3-7-16-29)52-46(53-45)55-36-22-11-9-20-34(36)39-37(55)24-23-33-32-19-8-10-21-35(32)54(43(33)39)31-18-12-17-30(25-31)28-13-4-2-5-14-28/h2-13,15-16,18-25,28,30,56H,1,14,17,26H2/b40-38-,42-41-. The summed E-state index contributed by atoms with van der Waals surface area (Å²) in [4.78, 5) is 14.9. The summed E-state index contributed by atoms with van der Waals surface area (Å²) >= 11 is 0. The molecule has 3 heterocycles. The maximum Gasteiger partial charge on any atom is 0.238 e. The maximum absolute atomic E-state index is 11.2. The monoisotopic (exact) mass is 715 g/mol. The predicted molar refractivity (Wildman–Crippen MR) is 234 cm³/mol. The Labute approximate surface area is 330 Å². The molecule has 0 amide bonds. The number of fused-ring (bicyclic) bond motifs is 7. The lowest BCUT2D eigenvalue weighted by atomic mass is 9.68. The number of aliphatic hydroxyl groups excluding tert-OH is 1. The van der Waals surface area contributed by atoms with Crippen LogP contribution in [0.2, 0.25) is 6.32 Å². The fraction of sp³-hybridized carbons (Fsp3) is 0.109. The van der Waals surface area contributed by atoms with Crippen molar-refractivity contribution >= 4 is 86.3 Å². The normalized spacial score (nSPS) is 17.8. The van der Waals surface area contributed by atoms with E-state index >= 15 is 0 Å². The van der Waals surface area contributed by atoms with Crippen LogP contribution in [0.1, 0.15) is 18.7 Å². The van der Waals surface area contributed by atoms with Gasteiger partial charge < -0.3 is 9.67 Å². The number of para-hydroxylation sites is 2. The van der Waals surface area contributed by atoms with Gasteiger partial charge in [-0.05, 0) is 55.3 Å². The Balaban J connectivity index is 1.37. The molecule has 2 aliphatic rings. The second kappa shape index (κ2) is 14.4. The zero-order valence-corrected chi connectivity index (χ0v) is 30.7. The third kappa shape index (κ3) is 5.92. The van der Waals surface area contributed by atoms with Gasteiger partial charge in [0.05, 0.1) is 35.7 Å². The van der Waals surface area contributed by atoms with Crippen molar-refractivity contribution in [2.24, 2.45) is 11.8 Å². The van der Waals surface area contributed by atoms with Gasteiger partial charge in [-0.1, -0.05) is 115 Å². The van der Waals surface area contributed by atoms with Crippen molar-refractivity contribution in [3.63, 3.8) is 0 Å². The molecule has 7 aromatic rings. The van der Waals surface area contributed by atoms with Crippen LogP contribution in [0.25, 0.3) is 72.2 Å². The highest BCUT2D eigenvalue weighted by Crippen LogP contribution is 2.43. The van der Waals surface area contributed by atoms with E-state index < -0.39 is 0 Å². The van der Waals surface area contributed by atoms with Crippen LogP contribution in [0.5, 0.6) is 0 Å². The van der Waals surface area contributed by atoms with Crippen molar-refractivity contribution in [2.45, 2.75) is 19.2 Å². The molecule has 260 valence electrons. The average Bonchev–Trinajstić information content (AvgIpc) is 3.77. The number of aromatic nitrogens is 5. The Bertz CT molecular complexity index is 2930. The fourth-order valence-corrected chi connectivity index (χ4v) is 8.15. The molecular weight excluding hydrogens is 682 g/mol. The van der Waals surface area contributed by atoms with Gasteiger partial charge in [0.15, 0.2) is 11.6 Å². The van der Waals surface area contributed by atoms with Gasteiger partial charge in [0.25, 0.3) is 0 Å². The highest BCUT2D eigenvalue weighted by molar-refractivity contribution is 6.44. The van der Waals surface area contributed by atoms with Crippen LogP contribution >= 0.6 is 0 Å². The lowest BCUT2D eigenvalue weighted by Gasteiger charge is -2.25. The molecule has 8 radical (unpaired) electrons. The number of rotatable bonds is 8. The van der Waals surface area contributed by atoms with E-state index in [0.29, 0.717) is 23.6 Å². The molecule has 1 N–H and O–H groups in total. The van der Waals surface area contributed by atoms with Crippen molar-refractivity contribution in [1.82, 2.24) is 24.1 Å². The van der Waals surface area contributed by atoms with E-state index in [1.165, 1.54) is 5.39 Å². The van der Waals surface area contributed by atoms with Crippen LogP contribution in [-0.4, -0.2) is 60.6 Å². The largest absolute Gasteiger partial charge is 0.512 e. The minimum absolute atomic E-state index is 0.0143. The zero-order valence-electron chi connectivity index (χ0n) is 30.7. The van der Waals surface area contributed by atoms with E-state index in [9.17, 15) is 5.11 Å². The molecule has 56 heavy (non-hydrogen) atoms. The fourth-order valence-electron chi connectivity index (χ4n) is 8.15. The molecule has 4 aromatic carbocycles. The van der Waals surface area contributed by atoms with Crippen molar-refractivity contribution in [3.05, 3.63) is 168 Å². The van der Waals surface area contributed by atoms with Crippen molar-refractivity contribution in [2.75, 3.05) is 0 Å². The molecule has 2 atom stereocenters. The van der Waals surface area contributed by atoms with Gasteiger partial charge in [0.1, 0.15) is 23.5 Å². The second-order valence-corrected chi connectivity index (χ2v) is 14.2. The van der Waals surface area contributed by atoms with Crippen molar-refractivity contribution in [3.8, 4) is 17.3 Å². The van der Waals surface area contributed by atoms with Gasteiger partial charge in [-0.15, -0.1) is 17.5 Å². The van der Waals surface area contributed by atoms with Crippen molar-refractivity contribution in [1.29, 1.82) is 0 Å². The van der Waals surface area contributed by atoms with Gasteiger partial charge in [0.2, 0.25) is 5.95 Å². The average molecular weight is 715 g/mol. The van der Waals surface area contributed by atoms with Crippen LogP contribution in [0.3, 0.4) is 0 Å². The van der Waals surface area contributed by atoms with Crippen LogP contribution in [0, 0.1) is 11.8 Å². The first-order valence-corrected chi connectivity index (χ1v) is 18.7. The lowest BCUT2D eigenvalue weighted by molar-refractivity contribution is 0.417. The molecule has 0 saturated heterocycles. The van der Waals surface area contributed by atoms with Crippen LogP contribution in [0.15, 0.2) is 162 Å². The lowest BCUT2D eigenvalue weighted by Crippen LogP contribution is -2.14. The Kier molecular flexibility index (Phi) is 9.13. The number of allylic oxidation sites excluding steroid dienone is 13. The molecular formula is C46H33B4N5O. The number of aliphatic hydroxyl groups is 1. The predicted octanol–water partition coefficient (Wildman–Crippen LogP) is 9.38. The van der Waals surface area contributed by atoms with Gasteiger partial charge in [-0.25, -0.2) is 4.98 Å². The Morgan fingerprint density at radius 3 is 2.16 bits per heavy atom. The van der Waals surface area contributed by atoms with E-state index in [1.54, 1.807) is 0 Å². The van der Waals surface area contributed by atoms with Gasteiger partial charge in [-0.3, -0.25) is 4.57 Å². The first kappa shape index (κ1) is 35.4. The third-order valence-electron chi connectivity index (χ3n) is 10.8. The summed E-state index contributed by atoms with van der Waals surface area (Å²) in [6.45, 7) is 3.74. The van der Waals surface area contributed by atoms with E-state index in [4.69, 9.17) is 46.3 Å². The summed E-state index contributed by atoms with van der Waals surface area (Å²) in [6, 6.07) is 30.7. The topological polar surface area (TPSA) is 68.8 Å². The minimum atomic E-state index is -0.261. The number of hydrogen-bond donors (Lipinski definition) is 1. The zero-order chi connectivity index (χ0) is 38.5. The first-order chi connectivity index (χ1) is 27.3. The van der Waals surface area contributed by atoms with E-state index in [1.807, 2.05) is 41.0 Å². The van der Waals surface area contributed by atoms with Crippen LogP contribution in [-0.2, 0) is 0 Å². The van der Waals surface area contributed by atoms with E-state index in [-0.39, 0.29) is 39.9 Å². The van der Waals surface area contributed by atoms with Crippen LogP contribution < -0.4 is 0 Å². The quantitative estimate of drug-likeness (QED) is 0.0968.